The number of nitrogens with one attached hydrogen (secondary N) is 1. The van der Waals surface area contributed by atoms with E-state index in [-0.39, 0.29) is 29.9 Å². The normalized spacial score (nSPS) is 14.9. The molecule has 1 heterocycles. The zero-order valence-electron chi connectivity index (χ0n) is 18.9. The molecule has 1 atom stereocenters. The first kappa shape index (κ1) is 23.2. The maximum absolute atomic E-state index is 13.5. The van der Waals surface area contributed by atoms with Crippen molar-refractivity contribution < 1.29 is 22.7 Å². The molecular formula is C28H20F3N3O2. The summed E-state index contributed by atoms with van der Waals surface area (Å²) in [6.45, 7) is 0.218. The maximum Gasteiger partial charge on any atom is 0.342 e. The fourth-order valence-corrected chi connectivity index (χ4v) is 3.93. The first-order valence-corrected chi connectivity index (χ1v) is 11.2. The summed E-state index contributed by atoms with van der Waals surface area (Å²) in [6, 6.07) is 23.8. The Hall–Kier alpha value is -4.59. The summed E-state index contributed by atoms with van der Waals surface area (Å²) < 4.78 is 45.9. The van der Waals surface area contributed by atoms with Crippen LogP contribution in [0.5, 0.6) is 11.5 Å². The zero-order valence-corrected chi connectivity index (χ0v) is 18.9. The molecule has 0 aliphatic carbocycles. The fraction of sp³-hybridized carbons (Fsp3) is 0.0714. The summed E-state index contributed by atoms with van der Waals surface area (Å²) in [4.78, 5) is 13.1. The summed E-state index contributed by atoms with van der Waals surface area (Å²) in [6.07, 6.45) is 0. The third kappa shape index (κ3) is 5.22. The average molecular weight is 487 g/mol. The second-order valence-electron chi connectivity index (χ2n) is 8.19. The molecule has 1 unspecified atom stereocenters. The van der Waals surface area contributed by atoms with Gasteiger partial charge in [-0.15, -0.1) is 0 Å². The van der Waals surface area contributed by atoms with Gasteiger partial charge in [-0.05, 0) is 71.8 Å². The first-order valence-electron chi connectivity index (χ1n) is 11.2. The fourth-order valence-electron chi connectivity index (χ4n) is 3.93. The van der Waals surface area contributed by atoms with Crippen molar-refractivity contribution in [2.24, 2.45) is 5.10 Å². The van der Waals surface area contributed by atoms with Gasteiger partial charge in [-0.1, -0.05) is 30.3 Å². The Kier molecular flexibility index (Phi) is 6.40. The van der Waals surface area contributed by atoms with Gasteiger partial charge in [0.25, 0.3) is 0 Å². The van der Waals surface area contributed by atoms with Crippen molar-refractivity contribution in [2.45, 2.75) is 5.92 Å². The molecule has 0 radical (unpaired) electrons. The second-order valence-corrected chi connectivity index (χ2v) is 8.19. The Morgan fingerprint density at radius 2 is 1.42 bits per heavy atom. The number of carbonyl (C=O) groups is 1. The number of urea groups is 1. The highest BCUT2D eigenvalue weighted by Crippen LogP contribution is 2.30. The molecule has 0 saturated carbocycles. The van der Waals surface area contributed by atoms with Crippen LogP contribution >= 0.6 is 0 Å². The number of carbonyl (C=O) groups excluding carboxylic acids is 1. The van der Waals surface area contributed by atoms with E-state index >= 15 is 0 Å². The minimum absolute atomic E-state index is 0.218. The van der Waals surface area contributed by atoms with E-state index in [9.17, 15) is 18.0 Å². The van der Waals surface area contributed by atoms with Crippen molar-refractivity contribution in [3.63, 3.8) is 0 Å². The second kappa shape index (κ2) is 9.95. The van der Waals surface area contributed by atoms with Crippen molar-refractivity contribution in [3.05, 3.63) is 126 Å². The minimum Gasteiger partial charge on any atom is -0.457 e. The van der Waals surface area contributed by atoms with Crippen LogP contribution in [0, 0.1) is 17.5 Å². The molecule has 8 heteroatoms. The number of halogens is 3. The highest BCUT2D eigenvalue weighted by molar-refractivity contribution is 6.07. The Labute approximate surface area is 205 Å². The van der Waals surface area contributed by atoms with Gasteiger partial charge in [0, 0.05) is 17.7 Å². The van der Waals surface area contributed by atoms with Crippen molar-refractivity contribution in [3.8, 4) is 11.5 Å². The monoisotopic (exact) mass is 487 g/mol. The third-order valence-corrected chi connectivity index (χ3v) is 5.70. The molecule has 1 aliphatic heterocycles. The van der Waals surface area contributed by atoms with Crippen LogP contribution in [0.3, 0.4) is 0 Å². The Bertz CT molecular complexity index is 1410. The lowest BCUT2D eigenvalue weighted by Crippen LogP contribution is -2.30. The van der Waals surface area contributed by atoms with E-state index in [0.717, 1.165) is 5.56 Å². The molecule has 1 aliphatic rings. The molecule has 5 rings (SSSR count). The summed E-state index contributed by atoms with van der Waals surface area (Å²) in [5.74, 6) is -0.526. The largest absolute Gasteiger partial charge is 0.457 e. The number of ether oxygens (including phenoxy) is 1. The molecule has 180 valence electrons. The maximum atomic E-state index is 13.5. The Morgan fingerprint density at radius 1 is 0.806 bits per heavy atom. The minimum atomic E-state index is -0.474. The highest BCUT2D eigenvalue weighted by atomic mass is 19.1. The number of hydrazone groups is 1. The van der Waals surface area contributed by atoms with Crippen LogP contribution in [0.25, 0.3) is 0 Å². The van der Waals surface area contributed by atoms with Gasteiger partial charge in [0.15, 0.2) is 0 Å². The van der Waals surface area contributed by atoms with Crippen LogP contribution in [0.2, 0.25) is 0 Å². The molecule has 4 aromatic rings. The topological polar surface area (TPSA) is 53.9 Å². The lowest BCUT2D eigenvalue weighted by atomic mass is 9.90. The van der Waals surface area contributed by atoms with E-state index in [0.29, 0.717) is 28.5 Å². The molecule has 0 bridgehead atoms. The van der Waals surface area contributed by atoms with Gasteiger partial charge in [0.1, 0.15) is 29.0 Å². The number of anilines is 1. The smallest absolute Gasteiger partial charge is 0.342 e. The highest BCUT2D eigenvalue weighted by Gasteiger charge is 2.32. The number of rotatable bonds is 5. The predicted molar refractivity (Wildman–Crippen MR) is 131 cm³/mol. The number of nitrogens with zero attached hydrogens (tertiary/aromatic N) is 2. The van der Waals surface area contributed by atoms with E-state index in [1.165, 1.54) is 53.5 Å². The number of hydrogen-bond acceptors (Lipinski definition) is 3. The summed E-state index contributed by atoms with van der Waals surface area (Å²) in [7, 11) is 0. The summed E-state index contributed by atoms with van der Waals surface area (Å²) >= 11 is 0. The van der Waals surface area contributed by atoms with Crippen molar-refractivity contribution in [2.75, 3.05) is 11.9 Å². The molecule has 1 N–H and O–H groups in total. The van der Waals surface area contributed by atoms with Gasteiger partial charge < -0.3 is 10.1 Å². The summed E-state index contributed by atoms with van der Waals surface area (Å²) in [5, 5.41) is 8.61. The lowest BCUT2D eigenvalue weighted by molar-refractivity contribution is 0.218. The summed E-state index contributed by atoms with van der Waals surface area (Å²) in [5.41, 5.74) is 2.49. The van der Waals surface area contributed by atoms with Crippen molar-refractivity contribution in [1.82, 2.24) is 5.01 Å². The predicted octanol–water partition coefficient (Wildman–Crippen LogP) is 6.93. The van der Waals surface area contributed by atoms with Gasteiger partial charge in [0.2, 0.25) is 0 Å². The molecule has 4 aromatic carbocycles. The molecular weight excluding hydrogens is 467 g/mol. The van der Waals surface area contributed by atoms with E-state index in [4.69, 9.17) is 4.74 Å². The number of amides is 2. The van der Waals surface area contributed by atoms with Gasteiger partial charge in [-0.25, -0.2) is 23.0 Å². The van der Waals surface area contributed by atoms with Crippen LogP contribution < -0.4 is 10.1 Å². The zero-order chi connectivity index (χ0) is 25.1. The van der Waals surface area contributed by atoms with Crippen LogP contribution in [0.1, 0.15) is 17.0 Å². The molecule has 0 fully saturated rings. The van der Waals surface area contributed by atoms with Gasteiger partial charge in [-0.3, -0.25) is 0 Å². The van der Waals surface area contributed by atoms with Crippen LogP contribution in [0.15, 0.2) is 102 Å². The third-order valence-electron chi connectivity index (χ3n) is 5.70. The molecule has 0 saturated heterocycles. The van der Waals surface area contributed by atoms with Gasteiger partial charge in [0.05, 0.1) is 12.3 Å². The van der Waals surface area contributed by atoms with Crippen LogP contribution in [0.4, 0.5) is 23.7 Å². The first-order chi connectivity index (χ1) is 17.4. The molecule has 5 nitrogen and oxygen atoms in total. The van der Waals surface area contributed by atoms with E-state index in [1.54, 1.807) is 48.5 Å². The molecule has 2 amide bonds. The quantitative estimate of drug-likeness (QED) is 0.332. The average Bonchev–Trinajstić information content (AvgIpc) is 3.32. The molecule has 36 heavy (non-hydrogen) atoms. The van der Waals surface area contributed by atoms with Crippen LogP contribution in [-0.2, 0) is 0 Å². The van der Waals surface area contributed by atoms with E-state index in [2.05, 4.69) is 10.4 Å². The molecule has 0 spiro atoms. The molecule has 0 aromatic heterocycles. The Morgan fingerprint density at radius 3 is 2.08 bits per heavy atom. The van der Waals surface area contributed by atoms with Crippen LogP contribution in [-0.4, -0.2) is 23.3 Å². The van der Waals surface area contributed by atoms with Gasteiger partial charge >= 0.3 is 6.03 Å². The number of benzene rings is 4. The number of hydrogen-bond donors (Lipinski definition) is 1. The van der Waals surface area contributed by atoms with Crippen molar-refractivity contribution >= 4 is 17.4 Å². The van der Waals surface area contributed by atoms with E-state index in [1.807, 2.05) is 0 Å². The Balaban J connectivity index is 1.36. The lowest BCUT2D eigenvalue weighted by Gasteiger charge is -2.16. The van der Waals surface area contributed by atoms with Crippen molar-refractivity contribution in [1.29, 1.82) is 0 Å². The standard InChI is InChI=1S/C28H20F3N3O2/c29-20-8-4-18(5-9-20)26-17-34(33-27(26)19-6-10-21(30)11-7-19)28(35)32-23-2-1-3-25(16-23)36-24-14-12-22(31)13-15-24/h1-16,26H,17H2,(H,32,35). The van der Waals surface area contributed by atoms with E-state index < -0.39 is 6.03 Å². The SMILES string of the molecule is O=C(Nc1cccc(Oc2ccc(F)cc2)c1)N1CC(c2ccc(F)cc2)C(c2ccc(F)cc2)=N1. The van der Waals surface area contributed by atoms with Gasteiger partial charge in [-0.2, -0.15) is 5.10 Å².